The van der Waals surface area contributed by atoms with Gasteiger partial charge in [-0.15, -0.1) is 0 Å². The molecule has 1 unspecified atom stereocenters. The Balaban J connectivity index is 1.89. The van der Waals surface area contributed by atoms with Gasteiger partial charge in [0.15, 0.2) is 0 Å². The molecular formula is C18H22FNO. The van der Waals surface area contributed by atoms with Crippen LogP contribution >= 0.6 is 0 Å². The largest absolute Gasteiger partial charge is 0.497 e. The molecule has 0 fully saturated rings. The van der Waals surface area contributed by atoms with E-state index in [0.29, 0.717) is 6.04 Å². The number of rotatable bonds is 7. The molecule has 0 aromatic heterocycles. The van der Waals surface area contributed by atoms with Crippen LogP contribution in [0.2, 0.25) is 0 Å². The van der Waals surface area contributed by atoms with E-state index in [0.717, 1.165) is 30.6 Å². The predicted octanol–water partition coefficient (Wildman–Crippen LogP) is 3.60. The van der Waals surface area contributed by atoms with E-state index in [4.69, 9.17) is 4.74 Å². The molecule has 1 N–H and O–H groups in total. The summed E-state index contributed by atoms with van der Waals surface area (Å²) in [4.78, 5) is 0. The van der Waals surface area contributed by atoms with E-state index in [2.05, 4.69) is 17.4 Å². The number of likely N-dealkylation sites (N-methyl/N-ethyl adjacent to an activating group) is 1. The highest BCUT2D eigenvalue weighted by Crippen LogP contribution is 2.15. The van der Waals surface area contributed by atoms with E-state index < -0.39 is 0 Å². The molecule has 0 saturated heterocycles. The molecule has 21 heavy (non-hydrogen) atoms. The van der Waals surface area contributed by atoms with Gasteiger partial charge in [-0.3, -0.25) is 0 Å². The summed E-state index contributed by atoms with van der Waals surface area (Å²) in [5, 5.41) is 3.32. The molecule has 0 aliphatic carbocycles. The van der Waals surface area contributed by atoms with Gasteiger partial charge in [0.1, 0.15) is 11.6 Å². The van der Waals surface area contributed by atoms with E-state index in [1.54, 1.807) is 19.2 Å². The van der Waals surface area contributed by atoms with Crippen molar-refractivity contribution in [3.8, 4) is 5.75 Å². The van der Waals surface area contributed by atoms with Crippen molar-refractivity contribution in [3.05, 3.63) is 65.5 Å². The molecule has 0 aliphatic rings. The molecule has 2 aromatic rings. The standard InChI is InChI=1S/C18H22FNO/c1-20-17(13-15-4-3-5-16(19)12-15)9-6-14-7-10-18(21-2)11-8-14/h3-5,7-8,10-12,17,20H,6,9,13H2,1-2H3. The molecule has 0 amide bonds. The third kappa shape index (κ3) is 4.87. The number of halogens is 1. The zero-order chi connectivity index (χ0) is 15.1. The van der Waals surface area contributed by atoms with Crippen molar-refractivity contribution in [2.75, 3.05) is 14.2 Å². The monoisotopic (exact) mass is 287 g/mol. The minimum absolute atomic E-state index is 0.169. The lowest BCUT2D eigenvalue weighted by Gasteiger charge is -2.16. The number of ether oxygens (including phenoxy) is 1. The van der Waals surface area contributed by atoms with Gasteiger partial charge in [-0.25, -0.2) is 4.39 Å². The third-order valence-corrected chi connectivity index (χ3v) is 3.72. The molecule has 3 heteroatoms. The quantitative estimate of drug-likeness (QED) is 0.840. The number of nitrogens with one attached hydrogen (secondary N) is 1. The van der Waals surface area contributed by atoms with E-state index in [1.165, 1.54) is 11.6 Å². The number of benzene rings is 2. The van der Waals surface area contributed by atoms with Gasteiger partial charge in [-0.05, 0) is 61.7 Å². The topological polar surface area (TPSA) is 21.3 Å². The van der Waals surface area contributed by atoms with Gasteiger partial charge >= 0.3 is 0 Å². The molecule has 0 heterocycles. The summed E-state index contributed by atoms with van der Waals surface area (Å²) in [5.74, 6) is 0.709. The summed E-state index contributed by atoms with van der Waals surface area (Å²) in [6, 6.07) is 15.3. The highest BCUT2D eigenvalue weighted by Gasteiger charge is 2.08. The van der Waals surface area contributed by atoms with Crippen LogP contribution in [-0.2, 0) is 12.8 Å². The second kappa shape index (κ2) is 7.79. The first-order valence-electron chi connectivity index (χ1n) is 7.26. The van der Waals surface area contributed by atoms with Crippen molar-refractivity contribution >= 4 is 0 Å². The first-order chi connectivity index (χ1) is 10.2. The van der Waals surface area contributed by atoms with Crippen LogP contribution < -0.4 is 10.1 Å². The number of methoxy groups -OCH3 is 1. The Morgan fingerprint density at radius 2 is 1.86 bits per heavy atom. The first kappa shape index (κ1) is 15.5. The first-order valence-corrected chi connectivity index (χ1v) is 7.26. The third-order valence-electron chi connectivity index (χ3n) is 3.72. The van der Waals surface area contributed by atoms with Crippen LogP contribution in [0.3, 0.4) is 0 Å². The van der Waals surface area contributed by atoms with Gasteiger partial charge in [0.2, 0.25) is 0 Å². The molecular weight excluding hydrogens is 265 g/mol. The summed E-state index contributed by atoms with van der Waals surface area (Å²) in [6.45, 7) is 0. The van der Waals surface area contributed by atoms with Crippen LogP contribution in [0, 0.1) is 5.82 Å². The highest BCUT2D eigenvalue weighted by molar-refractivity contribution is 5.27. The van der Waals surface area contributed by atoms with Crippen LogP contribution in [0.5, 0.6) is 5.75 Å². The van der Waals surface area contributed by atoms with Gasteiger partial charge in [-0.2, -0.15) is 0 Å². The summed E-state index contributed by atoms with van der Waals surface area (Å²) < 4.78 is 18.4. The Bertz CT molecular complexity index is 553. The van der Waals surface area contributed by atoms with Crippen LogP contribution in [0.15, 0.2) is 48.5 Å². The maximum Gasteiger partial charge on any atom is 0.123 e. The minimum atomic E-state index is -0.169. The summed E-state index contributed by atoms with van der Waals surface area (Å²) in [7, 11) is 3.63. The lowest BCUT2D eigenvalue weighted by Crippen LogP contribution is -2.28. The maximum absolute atomic E-state index is 13.2. The lowest BCUT2D eigenvalue weighted by atomic mass is 9.99. The molecule has 2 aromatic carbocycles. The fourth-order valence-electron chi connectivity index (χ4n) is 2.43. The zero-order valence-electron chi connectivity index (χ0n) is 12.6. The maximum atomic E-state index is 13.2. The van der Waals surface area contributed by atoms with Gasteiger partial charge in [-0.1, -0.05) is 24.3 Å². The van der Waals surface area contributed by atoms with Gasteiger partial charge in [0.25, 0.3) is 0 Å². The Hall–Kier alpha value is -1.87. The second-order valence-corrected chi connectivity index (χ2v) is 5.21. The molecule has 0 bridgehead atoms. The summed E-state index contributed by atoms with van der Waals surface area (Å²) in [5.41, 5.74) is 2.32. The zero-order valence-corrected chi connectivity index (χ0v) is 12.6. The molecule has 2 nitrogen and oxygen atoms in total. The number of aryl methyl sites for hydroxylation is 1. The average molecular weight is 287 g/mol. The van der Waals surface area contributed by atoms with E-state index in [1.807, 2.05) is 25.2 Å². The number of hydrogen-bond donors (Lipinski definition) is 1. The van der Waals surface area contributed by atoms with E-state index in [-0.39, 0.29) is 5.82 Å². The Kier molecular flexibility index (Phi) is 5.76. The van der Waals surface area contributed by atoms with Crippen LogP contribution in [0.4, 0.5) is 4.39 Å². The SMILES string of the molecule is CNC(CCc1ccc(OC)cc1)Cc1cccc(F)c1. The molecule has 0 spiro atoms. The van der Waals surface area contributed by atoms with Crippen molar-refractivity contribution in [1.82, 2.24) is 5.32 Å². The van der Waals surface area contributed by atoms with Crippen molar-refractivity contribution in [2.45, 2.75) is 25.3 Å². The van der Waals surface area contributed by atoms with Gasteiger partial charge in [0.05, 0.1) is 7.11 Å². The smallest absolute Gasteiger partial charge is 0.123 e. The van der Waals surface area contributed by atoms with Crippen molar-refractivity contribution in [3.63, 3.8) is 0 Å². The predicted molar refractivity (Wildman–Crippen MR) is 84.3 cm³/mol. The summed E-state index contributed by atoms with van der Waals surface area (Å²) in [6.07, 6.45) is 2.84. The molecule has 112 valence electrons. The molecule has 1 atom stereocenters. The highest BCUT2D eigenvalue weighted by atomic mass is 19.1. The Morgan fingerprint density at radius 1 is 1.10 bits per heavy atom. The molecule has 0 radical (unpaired) electrons. The van der Waals surface area contributed by atoms with E-state index >= 15 is 0 Å². The Morgan fingerprint density at radius 3 is 2.48 bits per heavy atom. The van der Waals surface area contributed by atoms with E-state index in [9.17, 15) is 4.39 Å². The fraction of sp³-hybridized carbons (Fsp3) is 0.333. The minimum Gasteiger partial charge on any atom is -0.497 e. The molecule has 2 rings (SSSR count). The van der Waals surface area contributed by atoms with Gasteiger partial charge in [0, 0.05) is 6.04 Å². The van der Waals surface area contributed by atoms with Gasteiger partial charge < -0.3 is 10.1 Å². The Labute approximate surface area is 126 Å². The molecule has 0 aliphatic heterocycles. The molecule has 0 saturated carbocycles. The van der Waals surface area contributed by atoms with Crippen LogP contribution in [-0.4, -0.2) is 20.2 Å². The normalized spacial score (nSPS) is 12.1. The van der Waals surface area contributed by atoms with Crippen LogP contribution in [0.25, 0.3) is 0 Å². The lowest BCUT2D eigenvalue weighted by molar-refractivity contribution is 0.414. The van der Waals surface area contributed by atoms with Crippen molar-refractivity contribution in [2.24, 2.45) is 0 Å². The average Bonchev–Trinajstić information content (AvgIpc) is 2.52. The van der Waals surface area contributed by atoms with Crippen LogP contribution in [0.1, 0.15) is 17.5 Å². The van der Waals surface area contributed by atoms with Crippen molar-refractivity contribution < 1.29 is 9.13 Å². The number of hydrogen-bond acceptors (Lipinski definition) is 2. The second-order valence-electron chi connectivity index (χ2n) is 5.21. The summed E-state index contributed by atoms with van der Waals surface area (Å²) >= 11 is 0. The van der Waals surface area contributed by atoms with Crippen molar-refractivity contribution in [1.29, 1.82) is 0 Å². The fourth-order valence-corrected chi connectivity index (χ4v) is 2.43.